The normalized spacial score (nSPS) is 33.0. The third-order valence-corrected chi connectivity index (χ3v) is 4.54. The molecule has 1 aliphatic rings. The maximum Gasteiger partial charge on any atom is 0.220 e. The molecule has 6 N–H and O–H groups in total. The lowest BCUT2D eigenvalue weighted by molar-refractivity contribution is -0.181. The van der Waals surface area contributed by atoms with Crippen LogP contribution in [0.4, 0.5) is 0 Å². The van der Waals surface area contributed by atoms with Gasteiger partial charge in [0.2, 0.25) is 5.91 Å². The Labute approximate surface area is 142 Å². The Kier molecular flexibility index (Phi) is 9.11. The van der Waals surface area contributed by atoms with Crippen LogP contribution in [0.2, 0.25) is 0 Å². The minimum Gasteiger partial charge on any atom is -0.396 e. The predicted octanol–water partition coefficient (Wildman–Crippen LogP) is -1.48. The van der Waals surface area contributed by atoms with E-state index < -0.39 is 42.5 Å². The predicted molar refractivity (Wildman–Crippen MR) is 86.1 cm³/mol. The van der Waals surface area contributed by atoms with Gasteiger partial charge < -0.3 is 35.6 Å². The van der Waals surface area contributed by atoms with Crippen LogP contribution in [0.5, 0.6) is 0 Å². The zero-order chi connectivity index (χ0) is 18.3. The maximum absolute atomic E-state index is 11.6. The van der Waals surface area contributed by atoms with Crippen LogP contribution in [-0.4, -0.2) is 81.2 Å². The summed E-state index contributed by atoms with van der Waals surface area (Å²) < 4.78 is 5.61. The summed E-state index contributed by atoms with van der Waals surface area (Å²) in [5.74, 6) is -0.815. The molecule has 0 aromatic rings. The van der Waals surface area contributed by atoms with Crippen molar-refractivity contribution in [2.24, 2.45) is 5.92 Å². The molecule has 8 nitrogen and oxygen atoms in total. The molecule has 1 amide bonds. The van der Waals surface area contributed by atoms with Gasteiger partial charge in [-0.2, -0.15) is 0 Å². The first-order chi connectivity index (χ1) is 11.3. The summed E-state index contributed by atoms with van der Waals surface area (Å²) >= 11 is 0. The van der Waals surface area contributed by atoms with Gasteiger partial charge in [0, 0.05) is 18.9 Å². The highest BCUT2D eigenvalue weighted by Gasteiger charge is 2.43. The highest BCUT2D eigenvalue weighted by atomic mass is 16.5. The molecule has 0 aromatic carbocycles. The molecule has 0 saturated heterocycles. The van der Waals surface area contributed by atoms with Crippen molar-refractivity contribution in [3.05, 3.63) is 0 Å². The minimum atomic E-state index is -1.41. The summed E-state index contributed by atoms with van der Waals surface area (Å²) in [4.78, 5) is 11.6. The average Bonchev–Trinajstić information content (AvgIpc) is 2.57. The van der Waals surface area contributed by atoms with Gasteiger partial charge >= 0.3 is 0 Å². The maximum atomic E-state index is 11.6. The number of nitrogens with one attached hydrogen (secondary N) is 1. The number of carbonyl (C=O) groups excluding carboxylic acids is 1. The van der Waals surface area contributed by atoms with Crippen molar-refractivity contribution in [1.82, 2.24) is 5.32 Å². The minimum absolute atomic E-state index is 0.0321. The summed E-state index contributed by atoms with van der Waals surface area (Å²) in [5, 5.41) is 51.8. The molecule has 1 saturated carbocycles. The van der Waals surface area contributed by atoms with Crippen molar-refractivity contribution in [1.29, 1.82) is 0 Å². The molecule has 1 aliphatic carbocycles. The van der Waals surface area contributed by atoms with E-state index in [9.17, 15) is 30.3 Å². The molecule has 142 valence electrons. The molecule has 7 atom stereocenters. The molecule has 24 heavy (non-hydrogen) atoms. The van der Waals surface area contributed by atoms with Crippen molar-refractivity contribution >= 4 is 5.91 Å². The number of aliphatic hydroxyl groups is 5. The van der Waals surface area contributed by atoms with Crippen molar-refractivity contribution in [2.75, 3.05) is 13.2 Å². The molecule has 0 spiro atoms. The molecule has 7 unspecified atom stereocenters. The summed E-state index contributed by atoms with van der Waals surface area (Å²) in [5.41, 5.74) is 0. The zero-order valence-electron chi connectivity index (χ0n) is 14.3. The largest absolute Gasteiger partial charge is 0.396 e. The van der Waals surface area contributed by atoms with Crippen LogP contribution in [0, 0.1) is 5.92 Å². The zero-order valence-corrected chi connectivity index (χ0v) is 14.3. The molecule has 0 aliphatic heterocycles. The van der Waals surface area contributed by atoms with E-state index in [1.54, 1.807) is 6.92 Å². The Hall–Kier alpha value is -0.770. The van der Waals surface area contributed by atoms with Crippen molar-refractivity contribution in [3.63, 3.8) is 0 Å². The first-order valence-corrected chi connectivity index (χ1v) is 8.59. The lowest BCUT2D eigenvalue weighted by atomic mass is 9.81. The van der Waals surface area contributed by atoms with E-state index in [2.05, 4.69) is 5.32 Å². The van der Waals surface area contributed by atoms with Gasteiger partial charge in [-0.1, -0.05) is 20.3 Å². The lowest BCUT2D eigenvalue weighted by Gasteiger charge is -2.40. The van der Waals surface area contributed by atoms with Crippen LogP contribution in [0.15, 0.2) is 0 Å². The molecule has 8 heteroatoms. The topological polar surface area (TPSA) is 139 Å². The van der Waals surface area contributed by atoms with Gasteiger partial charge in [0.15, 0.2) is 0 Å². The molecule has 1 fully saturated rings. The van der Waals surface area contributed by atoms with E-state index in [0.29, 0.717) is 6.42 Å². The fourth-order valence-corrected chi connectivity index (χ4v) is 2.91. The first kappa shape index (κ1) is 21.3. The number of ether oxygens (including phenoxy) is 1. The van der Waals surface area contributed by atoms with Crippen molar-refractivity contribution in [3.8, 4) is 0 Å². The number of hydrogen-bond acceptors (Lipinski definition) is 7. The Morgan fingerprint density at radius 2 is 1.88 bits per heavy atom. The number of rotatable bonds is 9. The van der Waals surface area contributed by atoms with E-state index in [0.717, 1.165) is 6.42 Å². The smallest absolute Gasteiger partial charge is 0.220 e. The fraction of sp³-hybridized carbons (Fsp3) is 0.938. The molecule has 1 rings (SSSR count). The molecule has 0 bridgehead atoms. The fourth-order valence-electron chi connectivity index (χ4n) is 2.91. The summed E-state index contributed by atoms with van der Waals surface area (Å²) in [6, 6.07) is -0.624. The van der Waals surface area contributed by atoms with Gasteiger partial charge in [0.05, 0.1) is 31.0 Å². The number of aliphatic hydroxyl groups excluding tert-OH is 5. The summed E-state index contributed by atoms with van der Waals surface area (Å²) in [7, 11) is 0. The van der Waals surface area contributed by atoms with E-state index in [1.807, 2.05) is 6.92 Å². The van der Waals surface area contributed by atoms with Crippen molar-refractivity contribution < 1.29 is 35.1 Å². The van der Waals surface area contributed by atoms with Gasteiger partial charge in [0.1, 0.15) is 12.2 Å². The summed E-state index contributed by atoms with van der Waals surface area (Å²) in [6.45, 7) is 3.25. The van der Waals surface area contributed by atoms with Gasteiger partial charge in [-0.15, -0.1) is 0 Å². The molecule has 0 aromatic heterocycles. The Bertz CT molecular complexity index is 379. The monoisotopic (exact) mass is 349 g/mol. The van der Waals surface area contributed by atoms with E-state index in [-0.39, 0.29) is 32.0 Å². The molecule has 0 radical (unpaired) electrons. The Balaban J connectivity index is 2.68. The van der Waals surface area contributed by atoms with Crippen molar-refractivity contribution in [2.45, 2.75) is 76.1 Å². The Morgan fingerprint density at radius 1 is 1.21 bits per heavy atom. The van der Waals surface area contributed by atoms with Crippen LogP contribution in [0.1, 0.15) is 39.5 Å². The van der Waals surface area contributed by atoms with Crippen LogP contribution < -0.4 is 5.32 Å². The second-order valence-electron chi connectivity index (χ2n) is 6.41. The van der Waals surface area contributed by atoms with Crippen LogP contribution >= 0.6 is 0 Å². The van der Waals surface area contributed by atoms with E-state index in [4.69, 9.17) is 4.74 Å². The second-order valence-corrected chi connectivity index (χ2v) is 6.41. The van der Waals surface area contributed by atoms with Crippen LogP contribution in [0.3, 0.4) is 0 Å². The highest BCUT2D eigenvalue weighted by Crippen LogP contribution is 2.27. The number of carbonyl (C=O) groups is 1. The quantitative estimate of drug-likeness (QED) is 0.298. The van der Waals surface area contributed by atoms with Gasteiger partial charge in [-0.25, -0.2) is 0 Å². The third-order valence-electron chi connectivity index (χ3n) is 4.54. The van der Waals surface area contributed by atoms with E-state index >= 15 is 0 Å². The van der Waals surface area contributed by atoms with Gasteiger partial charge in [0.25, 0.3) is 0 Å². The third kappa shape index (κ3) is 5.65. The van der Waals surface area contributed by atoms with Gasteiger partial charge in [-0.05, 0) is 12.8 Å². The first-order valence-electron chi connectivity index (χ1n) is 8.59. The standard InChI is InChI=1S/C16H31NO7/c1-3-5-11(19)10(17-13(20)4-2)8-24-12-6-9(7-18)14(21)16(23)15(12)22/h9-12,14-16,18-19,21-23H,3-8H2,1-2H3,(H,17,20). The van der Waals surface area contributed by atoms with Crippen LogP contribution in [0.25, 0.3) is 0 Å². The number of amides is 1. The van der Waals surface area contributed by atoms with Gasteiger partial charge in [-0.3, -0.25) is 4.79 Å². The van der Waals surface area contributed by atoms with Crippen LogP contribution in [-0.2, 0) is 9.53 Å². The van der Waals surface area contributed by atoms with E-state index in [1.165, 1.54) is 0 Å². The molecular weight excluding hydrogens is 318 g/mol. The number of hydrogen-bond donors (Lipinski definition) is 6. The SMILES string of the molecule is CCCC(O)C(COC1CC(CO)C(O)C(O)C1O)NC(=O)CC. The lowest BCUT2D eigenvalue weighted by Crippen LogP contribution is -2.56. The second kappa shape index (κ2) is 10.3. The Morgan fingerprint density at radius 3 is 2.42 bits per heavy atom. The average molecular weight is 349 g/mol. The molecule has 0 heterocycles. The summed E-state index contributed by atoms with van der Waals surface area (Å²) in [6.07, 6.45) is -3.82. The highest BCUT2D eigenvalue weighted by molar-refractivity contribution is 5.75. The molecular formula is C16H31NO7.